The van der Waals surface area contributed by atoms with E-state index in [0.717, 1.165) is 11.3 Å². The van der Waals surface area contributed by atoms with Gasteiger partial charge in [0.15, 0.2) is 5.01 Å². The molecule has 0 atom stereocenters. The van der Waals surface area contributed by atoms with Crippen molar-refractivity contribution >= 4 is 22.5 Å². The van der Waals surface area contributed by atoms with Gasteiger partial charge in [-0.25, -0.2) is 4.79 Å². The molecule has 1 heterocycles. The maximum absolute atomic E-state index is 10.7. The van der Waals surface area contributed by atoms with E-state index in [1.165, 1.54) is 7.05 Å². The van der Waals surface area contributed by atoms with Crippen LogP contribution in [0.15, 0.2) is 0 Å². The second-order valence-corrected chi connectivity index (χ2v) is 2.74. The fourth-order valence-electron chi connectivity index (χ4n) is 0.492. The van der Waals surface area contributed by atoms with Crippen LogP contribution in [0.1, 0.15) is 5.01 Å². The molecule has 0 fully saturated rings. The molecule has 62 valence electrons. The number of carbonyl (C=O) groups is 1. The summed E-state index contributed by atoms with van der Waals surface area (Å²) < 4.78 is 0. The zero-order chi connectivity index (χ0) is 8.97. The van der Waals surface area contributed by atoms with Crippen molar-refractivity contribution in [2.24, 2.45) is 0 Å². The number of hydrogen-bond donors (Lipinski definition) is 2. The Morgan fingerprint density at radius 2 is 2.42 bits per heavy atom. The zero-order valence-corrected chi connectivity index (χ0v) is 7.10. The van der Waals surface area contributed by atoms with Crippen molar-refractivity contribution in [3.63, 3.8) is 0 Å². The van der Waals surface area contributed by atoms with E-state index < -0.39 is 0 Å². The van der Waals surface area contributed by atoms with Gasteiger partial charge in [0.2, 0.25) is 5.13 Å². The molecule has 0 radical (unpaired) electrons. The lowest BCUT2D eigenvalue weighted by Gasteiger charge is -1.96. The summed E-state index contributed by atoms with van der Waals surface area (Å²) in [5.74, 6) is 2.31. The number of hydrogen-bond acceptors (Lipinski definition) is 4. The van der Waals surface area contributed by atoms with Crippen LogP contribution in [0.2, 0.25) is 0 Å². The molecule has 0 aromatic carbocycles. The Balaban J connectivity index is 2.65. The van der Waals surface area contributed by atoms with Gasteiger partial charge in [-0.3, -0.25) is 5.32 Å². The normalized spacial score (nSPS) is 8.67. The Kier molecular flexibility index (Phi) is 2.61. The van der Waals surface area contributed by atoms with Crippen LogP contribution in [0.25, 0.3) is 0 Å². The van der Waals surface area contributed by atoms with Gasteiger partial charge < -0.3 is 5.32 Å². The first-order chi connectivity index (χ1) is 5.76. The number of rotatable bonds is 1. The molecule has 6 heteroatoms. The van der Waals surface area contributed by atoms with Gasteiger partial charge >= 0.3 is 6.03 Å². The largest absolute Gasteiger partial charge is 0.341 e. The van der Waals surface area contributed by atoms with Crippen molar-refractivity contribution in [1.82, 2.24) is 15.5 Å². The minimum atomic E-state index is -0.338. The van der Waals surface area contributed by atoms with E-state index in [9.17, 15) is 4.79 Å². The SMILES string of the molecule is C#Cc1nnc(NC(=O)NC)s1. The first kappa shape index (κ1) is 8.49. The van der Waals surface area contributed by atoms with Crippen molar-refractivity contribution < 1.29 is 4.79 Å². The lowest BCUT2D eigenvalue weighted by molar-refractivity contribution is 0.254. The number of nitrogens with one attached hydrogen (secondary N) is 2. The van der Waals surface area contributed by atoms with Crippen molar-refractivity contribution in [2.45, 2.75) is 0 Å². The molecule has 1 aromatic heterocycles. The van der Waals surface area contributed by atoms with Crippen LogP contribution >= 0.6 is 11.3 Å². The van der Waals surface area contributed by atoms with Gasteiger partial charge in [0, 0.05) is 7.05 Å². The minimum absolute atomic E-state index is 0.338. The average molecular weight is 182 g/mol. The summed E-state index contributed by atoms with van der Waals surface area (Å²) in [6.07, 6.45) is 5.06. The smallest absolute Gasteiger partial charge is 0.320 e. The number of aromatic nitrogens is 2. The second kappa shape index (κ2) is 3.69. The van der Waals surface area contributed by atoms with E-state index in [1.54, 1.807) is 0 Å². The van der Waals surface area contributed by atoms with Gasteiger partial charge in [-0.15, -0.1) is 16.6 Å². The van der Waals surface area contributed by atoms with Crippen LogP contribution in [-0.4, -0.2) is 23.3 Å². The third-order valence-electron chi connectivity index (χ3n) is 0.996. The molecule has 0 aliphatic heterocycles. The second-order valence-electron chi connectivity index (χ2n) is 1.76. The molecule has 5 nitrogen and oxygen atoms in total. The number of terminal acetylenes is 1. The Morgan fingerprint density at radius 3 is 2.92 bits per heavy atom. The zero-order valence-electron chi connectivity index (χ0n) is 6.29. The number of nitrogens with zero attached hydrogens (tertiary/aromatic N) is 2. The van der Waals surface area contributed by atoms with E-state index in [4.69, 9.17) is 6.42 Å². The Morgan fingerprint density at radius 1 is 1.67 bits per heavy atom. The lowest BCUT2D eigenvalue weighted by Crippen LogP contribution is -2.24. The number of carbonyl (C=O) groups excluding carboxylic acids is 1. The van der Waals surface area contributed by atoms with E-state index in [-0.39, 0.29) is 6.03 Å². The van der Waals surface area contributed by atoms with Crippen LogP contribution in [0.3, 0.4) is 0 Å². The highest BCUT2D eigenvalue weighted by molar-refractivity contribution is 7.15. The maximum atomic E-state index is 10.7. The Hall–Kier alpha value is -1.61. The summed E-state index contributed by atoms with van der Waals surface area (Å²) in [7, 11) is 1.51. The summed E-state index contributed by atoms with van der Waals surface area (Å²) in [6, 6.07) is -0.338. The molecule has 0 saturated heterocycles. The molecule has 2 N–H and O–H groups in total. The third-order valence-corrected chi connectivity index (χ3v) is 1.77. The molecule has 0 aliphatic rings. The molecule has 1 rings (SSSR count). The van der Waals surface area contributed by atoms with Crippen molar-refractivity contribution in [2.75, 3.05) is 12.4 Å². The Labute approximate surface area is 73.2 Å². The number of anilines is 1. The lowest BCUT2D eigenvalue weighted by atomic mass is 10.8. The Bertz CT molecular complexity index is 327. The number of amides is 2. The molecular weight excluding hydrogens is 176 g/mol. The van der Waals surface area contributed by atoms with E-state index in [2.05, 4.69) is 26.8 Å². The van der Waals surface area contributed by atoms with Gasteiger partial charge in [-0.1, -0.05) is 11.3 Å². The van der Waals surface area contributed by atoms with Crippen molar-refractivity contribution in [1.29, 1.82) is 0 Å². The van der Waals surface area contributed by atoms with Gasteiger partial charge in [0.1, 0.15) is 0 Å². The van der Waals surface area contributed by atoms with Gasteiger partial charge in [-0.05, 0) is 5.92 Å². The van der Waals surface area contributed by atoms with Gasteiger partial charge in [-0.2, -0.15) is 0 Å². The topological polar surface area (TPSA) is 66.9 Å². The summed E-state index contributed by atoms with van der Waals surface area (Å²) in [6.45, 7) is 0. The fourth-order valence-corrected chi connectivity index (χ4v) is 1.04. The molecule has 12 heavy (non-hydrogen) atoms. The predicted octanol–water partition coefficient (Wildman–Crippen LogP) is 0.271. The quantitative estimate of drug-likeness (QED) is 0.613. The summed E-state index contributed by atoms with van der Waals surface area (Å²) in [4.78, 5) is 10.7. The summed E-state index contributed by atoms with van der Waals surface area (Å²) in [5, 5.41) is 12.9. The number of urea groups is 1. The summed E-state index contributed by atoms with van der Waals surface area (Å²) in [5.41, 5.74) is 0. The molecule has 0 unspecified atom stereocenters. The highest BCUT2D eigenvalue weighted by atomic mass is 32.1. The monoisotopic (exact) mass is 182 g/mol. The highest BCUT2D eigenvalue weighted by Crippen LogP contribution is 2.12. The van der Waals surface area contributed by atoms with Gasteiger partial charge in [0.05, 0.1) is 0 Å². The van der Waals surface area contributed by atoms with Crippen LogP contribution in [0.5, 0.6) is 0 Å². The minimum Gasteiger partial charge on any atom is -0.341 e. The molecule has 0 aliphatic carbocycles. The predicted molar refractivity (Wildman–Crippen MR) is 45.9 cm³/mol. The van der Waals surface area contributed by atoms with Crippen LogP contribution in [0.4, 0.5) is 9.93 Å². The fraction of sp³-hybridized carbons (Fsp3) is 0.167. The van der Waals surface area contributed by atoms with Crippen molar-refractivity contribution in [3.05, 3.63) is 5.01 Å². The first-order valence-corrected chi connectivity index (χ1v) is 3.86. The molecule has 0 spiro atoms. The van der Waals surface area contributed by atoms with E-state index >= 15 is 0 Å². The van der Waals surface area contributed by atoms with Crippen molar-refractivity contribution in [3.8, 4) is 12.3 Å². The molecule has 0 bridgehead atoms. The van der Waals surface area contributed by atoms with Crippen LogP contribution in [-0.2, 0) is 0 Å². The third kappa shape index (κ3) is 1.93. The van der Waals surface area contributed by atoms with Crippen LogP contribution in [0, 0.1) is 12.3 Å². The summed E-state index contributed by atoms with van der Waals surface area (Å²) >= 11 is 1.15. The molecule has 1 aromatic rings. The van der Waals surface area contributed by atoms with E-state index in [0.29, 0.717) is 10.1 Å². The highest BCUT2D eigenvalue weighted by Gasteiger charge is 2.03. The maximum Gasteiger partial charge on any atom is 0.320 e. The van der Waals surface area contributed by atoms with E-state index in [1.807, 2.05) is 0 Å². The molecule has 0 saturated carbocycles. The van der Waals surface area contributed by atoms with Crippen LogP contribution < -0.4 is 10.6 Å². The first-order valence-electron chi connectivity index (χ1n) is 3.05. The van der Waals surface area contributed by atoms with Gasteiger partial charge in [0.25, 0.3) is 0 Å². The standard InChI is InChI=1S/C6H6N4OS/c1-3-4-9-10-6(12-4)8-5(11)7-2/h1H,2H3,(H2,7,8,10,11). The molecule has 2 amide bonds. The average Bonchev–Trinajstić information content (AvgIpc) is 2.52. The molecular formula is C6H6N4OS.